The summed E-state index contributed by atoms with van der Waals surface area (Å²) in [6.45, 7) is 0.663. The van der Waals surface area contributed by atoms with Gasteiger partial charge >= 0.3 is 5.97 Å². The zero-order valence-corrected chi connectivity index (χ0v) is 17.9. The van der Waals surface area contributed by atoms with Crippen molar-refractivity contribution in [3.63, 3.8) is 0 Å². The summed E-state index contributed by atoms with van der Waals surface area (Å²) < 4.78 is 5.93. The molecule has 2 N–H and O–H groups in total. The Kier molecular flexibility index (Phi) is 7.14. The highest BCUT2D eigenvalue weighted by atomic mass is 35.5. The Morgan fingerprint density at radius 1 is 0.862 bits per heavy atom. The summed E-state index contributed by atoms with van der Waals surface area (Å²) in [5.41, 5.74) is 2.34. The van der Waals surface area contributed by atoms with Crippen molar-refractivity contribution in [2.45, 2.75) is 13.2 Å². The van der Waals surface area contributed by atoms with Crippen LogP contribution >= 0.6 is 46.4 Å². The van der Waals surface area contributed by atoms with Crippen LogP contribution in [0.5, 0.6) is 5.75 Å². The predicted octanol–water partition coefficient (Wildman–Crippen LogP) is 7.19. The lowest BCUT2D eigenvalue weighted by Gasteiger charge is -2.14. The van der Waals surface area contributed by atoms with E-state index in [0.29, 0.717) is 33.0 Å². The summed E-state index contributed by atoms with van der Waals surface area (Å²) in [6, 6.07) is 15.2. The molecule has 0 radical (unpaired) electrons. The summed E-state index contributed by atoms with van der Waals surface area (Å²) >= 11 is 24.3. The number of anilines is 1. The first-order chi connectivity index (χ1) is 13.8. The van der Waals surface area contributed by atoms with Crippen molar-refractivity contribution >= 4 is 58.1 Å². The van der Waals surface area contributed by atoms with Crippen molar-refractivity contribution in [1.82, 2.24) is 0 Å². The first-order valence-corrected chi connectivity index (χ1v) is 9.96. The number of carboxylic acids is 1. The van der Waals surface area contributed by atoms with E-state index in [2.05, 4.69) is 5.32 Å². The Morgan fingerprint density at radius 2 is 1.59 bits per heavy atom. The molecular weight excluding hydrogens is 456 g/mol. The zero-order chi connectivity index (χ0) is 21.0. The molecule has 0 aliphatic heterocycles. The van der Waals surface area contributed by atoms with Gasteiger partial charge in [-0.2, -0.15) is 0 Å². The van der Waals surface area contributed by atoms with E-state index in [4.69, 9.17) is 56.2 Å². The fourth-order valence-electron chi connectivity index (χ4n) is 2.62. The van der Waals surface area contributed by atoms with Crippen molar-refractivity contribution in [1.29, 1.82) is 0 Å². The molecule has 3 aromatic rings. The second-order valence-electron chi connectivity index (χ2n) is 6.13. The summed E-state index contributed by atoms with van der Waals surface area (Å²) in [5, 5.41) is 14.1. The molecular formula is C21H15Cl4NO3. The van der Waals surface area contributed by atoms with E-state index in [1.165, 1.54) is 6.07 Å². The molecule has 0 fully saturated rings. The van der Waals surface area contributed by atoms with Gasteiger partial charge in [0.25, 0.3) is 0 Å². The summed E-state index contributed by atoms with van der Waals surface area (Å²) in [5.74, 6) is -0.436. The smallest absolute Gasteiger partial charge is 0.337 e. The van der Waals surface area contributed by atoms with Crippen molar-refractivity contribution < 1.29 is 14.6 Å². The molecule has 0 aliphatic rings. The number of carboxylic acid groups (broad SMARTS) is 1. The molecule has 3 aromatic carbocycles. The van der Waals surface area contributed by atoms with Gasteiger partial charge in [-0.25, -0.2) is 4.79 Å². The molecule has 0 aromatic heterocycles. The van der Waals surface area contributed by atoms with Gasteiger partial charge in [0.2, 0.25) is 0 Å². The summed E-state index contributed by atoms with van der Waals surface area (Å²) in [4.78, 5) is 11.1. The number of rotatable bonds is 7. The lowest BCUT2D eigenvalue weighted by molar-refractivity contribution is 0.0697. The minimum atomic E-state index is -1.08. The third-order valence-corrected chi connectivity index (χ3v) is 5.24. The van der Waals surface area contributed by atoms with E-state index in [1.807, 2.05) is 6.07 Å². The number of carbonyl (C=O) groups is 1. The number of benzene rings is 3. The van der Waals surface area contributed by atoms with Crippen LogP contribution in [0.2, 0.25) is 20.1 Å². The van der Waals surface area contributed by atoms with Gasteiger partial charge in [0.15, 0.2) is 0 Å². The van der Waals surface area contributed by atoms with Crippen LogP contribution in [-0.4, -0.2) is 11.1 Å². The van der Waals surface area contributed by atoms with Gasteiger partial charge in [-0.3, -0.25) is 0 Å². The maximum Gasteiger partial charge on any atom is 0.337 e. The van der Waals surface area contributed by atoms with Crippen LogP contribution in [0.3, 0.4) is 0 Å². The maximum absolute atomic E-state index is 11.1. The molecule has 0 atom stereocenters. The van der Waals surface area contributed by atoms with Gasteiger partial charge < -0.3 is 15.2 Å². The molecule has 29 heavy (non-hydrogen) atoms. The van der Waals surface area contributed by atoms with Gasteiger partial charge in [0, 0.05) is 38.4 Å². The maximum atomic E-state index is 11.1. The second kappa shape index (κ2) is 9.59. The highest BCUT2D eigenvalue weighted by molar-refractivity contribution is 6.35. The van der Waals surface area contributed by atoms with Crippen LogP contribution in [0.25, 0.3) is 0 Å². The van der Waals surface area contributed by atoms with E-state index < -0.39 is 5.97 Å². The number of hydrogen-bond donors (Lipinski definition) is 2. The van der Waals surface area contributed by atoms with E-state index in [-0.39, 0.29) is 17.2 Å². The number of ether oxygens (including phenoxy) is 1. The van der Waals surface area contributed by atoms with Crippen LogP contribution in [0.15, 0.2) is 54.6 Å². The van der Waals surface area contributed by atoms with E-state index in [0.717, 1.165) is 11.1 Å². The van der Waals surface area contributed by atoms with Crippen LogP contribution in [0, 0.1) is 0 Å². The van der Waals surface area contributed by atoms with Crippen molar-refractivity contribution in [2.24, 2.45) is 0 Å². The van der Waals surface area contributed by atoms with Crippen molar-refractivity contribution in [2.75, 3.05) is 5.32 Å². The van der Waals surface area contributed by atoms with E-state index in [9.17, 15) is 4.79 Å². The highest BCUT2D eigenvalue weighted by Gasteiger charge is 2.11. The van der Waals surface area contributed by atoms with E-state index >= 15 is 0 Å². The molecule has 3 rings (SSSR count). The second-order valence-corrected chi connectivity index (χ2v) is 7.82. The lowest BCUT2D eigenvalue weighted by Crippen LogP contribution is -2.05. The Morgan fingerprint density at radius 3 is 2.28 bits per heavy atom. The molecule has 0 unspecified atom stereocenters. The molecule has 0 saturated heterocycles. The van der Waals surface area contributed by atoms with E-state index in [1.54, 1.807) is 42.5 Å². The van der Waals surface area contributed by atoms with Gasteiger partial charge in [0.1, 0.15) is 12.4 Å². The van der Waals surface area contributed by atoms with Crippen LogP contribution in [-0.2, 0) is 13.2 Å². The van der Waals surface area contributed by atoms with Crippen LogP contribution in [0.1, 0.15) is 21.5 Å². The summed E-state index contributed by atoms with van der Waals surface area (Å²) in [6.07, 6.45) is 0. The standard InChI is InChI=1S/C21H15Cl4NO3/c22-14-3-6-20(29-11-12-1-2-15(23)8-18(12)24)13(7-14)10-26-16-4-5-17(21(27)28)19(25)9-16/h1-9,26H,10-11H2,(H,27,28). The average Bonchev–Trinajstić information content (AvgIpc) is 2.66. The van der Waals surface area contributed by atoms with Crippen molar-refractivity contribution in [3.05, 3.63) is 91.4 Å². The summed E-state index contributed by atoms with van der Waals surface area (Å²) in [7, 11) is 0. The third-order valence-electron chi connectivity index (χ3n) is 4.10. The molecule has 0 heterocycles. The first-order valence-electron chi connectivity index (χ1n) is 8.45. The van der Waals surface area contributed by atoms with Gasteiger partial charge in [-0.15, -0.1) is 0 Å². The lowest BCUT2D eigenvalue weighted by atomic mass is 10.1. The largest absolute Gasteiger partial charge is 0.488 e. The molecule has 0 saturated carbocycles. The van der Waals surface area contributed by atoms with Crippen LogP contribution < -0.4 is 10.1 Å². The Hall–Kier alpha value is -2.11. The molecule has 8 heteroatoms. The normalized spacial score (nSPS) is 10.6. The molecule has 150 valence electrons. The average molecular weight is 471 g/mol. The topological polar surface area (TPSA) is 58.6 Å². The van der Waals surface area contributed by atoms with Crippen LogP contribution in [0.4, 0.5) is 5.69 Å². The van der Waals surface area contributed by atoms with Crippen molar-refractivity contribution in [3.8, 4) is 5.75 Å². The van der Waals surface area contributed by atoms with Gasteiger partial charge in [-0.1, -0.05) is 52.5 Å². The molecule has 0 spiro atoms. The molecule has 4 nitrogen and oxygen atoms in total. The highest BCUT2D eigenvalue weighted by Crippen LogP contribution is 2.28. The van der Waals surface area contributed by atoms with Gasteiger partial charge in [-0.05, 0) is 48.5 Å². The number of hydrogen-bond acceptors (Lipinski definition) is 3. The van der Waals surface area contributed by atoms with Gasteiger partial charge in [0.05, 0.1) is 10.6 Å². The monoisotopic (exact) mass is 469 g/mol. The SMILES string of the molecule is O=C(O)c1ccc(NCc2cc(Cl)ccc2OCc2ccc(Cl)cc2Cl)cc1Cl. The zero-order valence-electron chi connectivity index (χ0n) is 14.9. The third kappa shape index (κ3) is 5.71. The predicted molar refractivity (Wildman–Crippen MR) is 118 cm³/mol. The fraction of sp³-hybridized carbons (Fsp3) is 0.0952. The number of halogens is 4. The Balaban J connectivity index is 1.73. The first kappa shape index (κ1) is 21.6. The minimum Gasteiger partial charge on any atom is -0.488 e. The molecule has 0 amide bonds. The number of aromatic carboxylic acids is 1. The molecule has 0 bridgehead atoms. The number of nitrogens with one attached hydrogen (secondary N) is 1. The minimum absolute atomic E-state index is 0.0452. The Bertz CT molecular complexity index is 1060. The quantitative estimate of drug-likeness (QED) is 0.383. The Labute approximate surface area is 187 Å². The fourth-order valence-corrected chi connectivity index (χ4v) is 3.54. The molecule has 0 aliphatic carbocycles.